The molecule has 0 spiro atoms. The lowest BCUT2D eigenvalue weighted by atomic mass is 9.87. The number of imide groups is 1. The van der Waals surface area contributed by atoms with Crippen molar-refractivity contribution in [1.82, 2.24) is 4.90 Å². The molecular weight excluding hydrogens is 949 g/mol. The number of aliphatic hydroxyl groups excluding tert-OH is 1. The number of oxime groups is 1. The Morgan fingerprint density at radius 2 is 1.40 bits per heavy atom. The van der Waals surface area contributed by atoms with E-state index in [1.165, 1.54) is 0 Å². The van der Waals surface area contributed by atoms with Gasteiger partial charge in [0.15, 0.2) is 19.9 Å². The molecule has 3 aromatic rings. The van der Waals surface area contributed by atoms with Crippen molar-refractivity contribution < 1.29 is 61.9 Å². The van der Waals surface area contributed by atoms with Crippen molar-refractivity contribution in [2.24, 2.45) is 11.1 Å². The van der Waals surface area contributed by atoms with Crippen LogP contribution in [0.15, 0.2) is 90.1 Å². The molecule has 402 valence electrons. The lowest BCUT2D eigenvalue weighted by molar-refractivity contribution is -0.313. The number of aliphatic hydroxyl groups is 1. The van der Waals surface area contributed by atoms with Gasteiger partial charge in [0.05, 0.1) is 68.7 Å². The molecule has 0 bridgehead atoms. The van der Waals surface area contributed by atoms with Crippen molar-refractivity contribution in [2.45, 2.75) is 205 Å². The summed E-state index contributed by atoms with van der Waals surface area (Å²) in [6, 6.07) is 26.4. The van der Waals surface area contributed by atoms with E-state index < -0.39 is 62.2 Å². The van der Waals surface area contributed by atoms with E-state index in [0.29, 0.717) is 44.8 Å². The van der Waals surface area contributed by atoms with Crippen LogP contribution in [-0.4, -0.2) is 117 Å². The molecule has 3 saturated heterocycles. The number of carbonyl (C=O) groups excluding carboxylic acids is 2. The summed E-state index contributed by atoms with van der Waals surface area (Å²) < 4.78 is 56.8. The van der Waals surface area contributed by atoms with Crippen LogP contribution in [0.2, 0.25) is 18.1 Å². The van der Waals surface area contributed by atoms with Gasteiger partial charge in [-0.05, 0) is 107 Å². The number of cyclic esters (lactones) is 1. The van der Waals surface area contributed by atoms with Crippen LogP contribution in [0.1, 0.15) is 130 Å². The Bertz CT molecular complexity index is 2260. The van der Waals surface area contributed by atoms with Crippen LogP contribution in [0.3, 0.4) is 0 Å². The van der Waals surface area contributed by atoms with Crippen LogP contribution in [-0.2, 0) is 60.4 Å². The van der Waals surface area contributed by atoms with Gasteiger partial charge in [-0.2, -0.15) is 0 Å². The molecule has 4 heterocycles. The number of benzene rings is 3. The summed E-state index contributed by atoms with van der Waals surface area (Å²) in [6.45, 7) is 22.5. The molecule has 3 aromatic carbocycles. The predicted molar refractivity (Wildman–Crippen MR) is 279 cm³/mol. The van der Waals surface area contributed by atoms with E-state index in [0.717, 1.165) is 46.6 Å². The van der Waals surface area contributed by atoms with Gasteiger partial charge in [0.2, 0.25) is 5.91 Å². The van der Waals surface area contributed by atoms with E-state index in [1.54, 1.807) is 14.0 Å². The molecule has 0 unspecified atom stereocenters. The number of methoxy groups -OCH3 is 1. The molecule has 73 heavy (non-hydrogen) atoms. The van der Waals surface area contributed by atoms with E-state index in [9.17, 15) is 14.7 Å². The van der Waals surface area contributed by atoms with E-state index in [4.69, 9.17) is 47.2 Å². The summed E-state index contributed by atoms with van der Waals surface area (Å²) in [5.74, 6) is -2.71. The first-order valence-corrected chi connectivity index (χ1v) is 29.2. The minimum Gasteiger partial charge on any atom is -0.497 e. The molecule has 4 aliphatic rings. The van der Waals surface area contributed by atoms with E-state index >= 15 is 0 Å². The van der Waals surface area contributed by atoms with Gasteiger partial charge in [0, 0.05) is 38.9 Å². The monoisotopic (exact) mass is 1030 g/mol. The number of rotatable bonds is 23. The van der Waals surface area contributed by atoms with Crippen LogP contribution >= 0.6 is 0 Å². The van der Waals surface area contributed by atoms with Crippen molar-refractivity contribution in [3.05, 3.63) is 102 Å². The van der Waals surface area contributed by atoms with Crippen molar-refractivity contribution in [3.63, 3.8) is 0 Å². The second-order valence-electron chi connectivity index (χ2n) is 22.6. The molecule has 10 atom stereocenters. The lowest BCUT2D eigenvalue weighted by Gasteiger charge is -2.47. The quantitative estimate of drug-likeness (QED) is 0.0706. The Labute approximate surface area is 434 Å². The van der Waals surface area contributed by atoms with Crippen LogP contribution < -0.4 is 4.74 Å². The highest BCUT2D eigenvalue weighted by Gasteiger charge is 2.51. The van der Waals surface area contributed by atoms with Crippen molar-refractivity contribution in [1.29, 1.82) is 0 Å². The SMILES string of the molecule is COc1ccc(COCC[C@H](O)[C@H](C(=O)N2C(=O)O[C@H](c3ccccc3)[C@@H]2C)[C@@H]2CC(C[C@@H]3C[C@H]([C@@H](CC[C@@H]4C[C@H](CCOCc5ccccc5)OC(C)(C)O4)O[Si](C)(C)C(C)(C)C)OC(C)(C)O3)=NO2)cc1. The second-order valence-corrected chi connectivity index (χ2v) is 27.4. The third-order valence-corrected chi connectivity index (χ3v) is 19.4. The number of hydrogen-bond donors (Lipinski definition) is 1. The topological polar surface area (TPSA) is 162 Å². The smallest absolute Gasteiger partial charge is 0.417 e. The first kappa shape index (κ1) is 56.5. The lowest BCUT2D eigenvalue weighted by Crippen LogP contribution is -2.54. The van der Waals surface area contributed by atoms with Crippen LogP contribution in [0.5, 0.6) is 5.75 Å². The molecular formula is C57H82N2O13Si. The Morgan fingerprint density at radius 1 is 0.795 bits per heavy atom. The maximum Gasteiger partial charge on any atom is 0.417 e. The fraction of sp³-hybridized carbons (Fsp3) is 0.632. The summed E-state index contributed by atoms with van der Waals surface area (Å²) in [4.78, 5) is 35.5. The second kappa shape index (κ2) is 24.6. The molecule has 0 saturated carbocycles. The fourth-order valence-corrected chi connectivity index (χ4v) is 11.6. The van der Waals surface area contributed by atoms with E-state index in [2.05, 4.69) is 51.2 Å². The number of hydrogen-bond acceptors (Lipinski definition) is 14. The number of nitrogens with zero attached hydrogens (tertiary/aromatic N) is 2. The molecule has 4 aliphatic heterocycles. The molecule has 3 fully saturated rings. The van der Waals surface area contributed by atoms with E-state index in [1.807, 2.05) is 100 Å². The first-order valence-electron chi connectivity index (χ1n) is 26.3. The Hall–Kier alpha value is -4.23. The zero-order valence-electron chi connectivity index (χ0n) is 45.1. The van der Waals surface area contributed by atoms with Crippen molar-refractivity contribution in [2.75, 3.05) is 20.3 Å². The Balaban J connectivity index is 1.02. The summed E-state index contributed by atoms with van der Waals surface area (Å²) in [5, 5.41) is 16.4. The predicted octanol–water partition coefficient (Wildman–Crippen LogP) is 10.8. The molecule has 1 N–H and O–H groups in total. The molecule has 16 heteroatoms. The van der Waals surface area contributed by atoms with E-state index in [-0.39, 0.29) is 55.0 Å². The van der Waals surface area contributed by atoms with Gasteiger partial charge < -0.3 is 52.3 Å². The maximum atomic E-state index is 14.7. The average Bonchev–Trinajstić information content (AvgIpc) is 3.91. The third-order valence-electron chi connectivity index (χ3n) is 14.9. The van der Waals surface area contributed by atoms with Gasteiger partial charge in [-0.25, -0.2) is 9.69 Å². The van der Waals surface area contributed by atoms with Gasteiger partial charge in [-0.15, -0.1) is 0 Å². The van der Waals surface area contributed by atoms with Crippen LogP contribution in [0.4, 0.5) is 4.79 Å². The minimum absolute atomic E-state index is 0.0154. The minimum atomic E-state index is -2.31. The van der Waals surface area contributed by atoms with Crippen molar-refractivity contribution in [3.8, 4) is 5.75 Å². The molecule has 0 aromatic heterocycles. The van der Waals surface area contributed by atoms with Crippen LogP contribution in [0, 0.1) is 5.92 Å². The maximum absolute atomic E-state index is 14.7. The fourth-order valence-electron chi connectivity index (χ4n) is 10.2. The van der Waals surface area contributed by atoms with Gasteiger partial charge in [0.25, 0.3) is 0 Å². The zero-order chi connectivity index (χ0) is 52.6. The highest BCUT2D eigenvalue weighted by molar-refractivity contribution is 6.74. The van der Waals surface area contributed by atoms with Gasteiger partial charge >= 0.3 is 6.09 Å². The zero-order valence-corrected chi connectivity index (χ0v) is 46.1. The molecule has 0 radical (unpaired) electrons. The first-order chi connectivity index (χ1) is 34.6. The third kappa shape index (κ3) is 15.4. The highest BCUT2D eigenvalue weighted by atomic mass is 28.4. The van der Waals surface area contributed by atoms with Gasteiger partial charge in [-0.3, -0.25) is 4.79 Å². The van der Waals surface area contributed by atoms with Crippen molar-refractivity contribution >= 4 is 26.0 Å². The molecule has 7 rings (SSSR count). The Morgan fingerprint density at radius 3 is 2.05 bits per heavy atom. The van der Waals surface area contributed by atoms with Gasteiger partial charge in [0.1, 0.15) is 23.9 Å². The molecule has 2 amide bonds. The average molecular weight is 1030 g/mol. The summed E-state index contributed by atoms with van der Waals surface area (Å²) in [5.41, 5.74) is 3.53. The Kier molecular flexibility index (Phi) is 19.1. The summed E-state index contributed by atoms with van der Waals surface area (Å²) in [7, 11) is -0.696. The molecule has 0 aliphatic carbocycles. The summed E-state index contributed by atoms with van der Waals surface area (Å²) >= 11 is 0. The number of amides is 2. The summed E-state index contributed by atoms with van der Waals surface area (Å²) in [6.07, 6.45) is -0.265. The molecule has 15 nitrogen and oxygen atoms in total. The van der Waals surface area contributed by atoms with Gasteiger partial charge in [-0.1, -0.05) is 98.7 Å². The number of ether oxygens (including phenoxy) is 8. The normalized spacial score (nSPS) is 26.4. The highest BCUT2D eigenvalue weighted by Crippen LogP contribution is 2.42. The standard InChI is InChI=1S/C57H82N2O13Si/c1-38-52(41-20-16-13-17-21-41)66-54(62)59(38)53(61)51(47(60)29-31-65-37-40-22-24-43(63-9)25-23-40)50-33-42(58-71-50)32-46-35-49(70-57(7,8)69-46)48(72-73(10,11)55(2,3)4)27-26-44-34-45(68-56(5,6)67-44)28-30-64-36-39-18-14-12-15-19-39/h12-25,38,44-52,60H,26-37H2,1-11H3/t38-,44+,45-,46+,47-,48+,49+,50-,51-,52-/m0/s1. The number of carbonyl (C=O) groups is 2. The van der Waals surface area contributed by atoms with Crippen LogP contribution in [0.25, 0.3) is 0 Å². The largest absolute Gasteiger partial charge is 0.497 e.